The minimum Gasteiger partial charge on any atom is -0.481 e. The lowest BCUT2D eigenvalue weighted by Crippen LogP contribution is -2.24. The first-order valence-electron chi connectivity index (χ1n) is 5.50. The van der Waals surface area contributed by atoms with Crippen LogP contribution in [-0.4, -0.2) is 29.1 Å². The molecule has 0 aromatic carbocycles. The topological polar surface area (TPSA) is 62.2 Å². The van der Waals surface area contributed by atoms with E-state index in [1.807, 2.05) is 19.1 Å². The molecule has 16 heavy (non-hydrogen) atoms. The lowest BCUT2D eigenvalue weighted by Gasteiger charge is -2.09. The molecule has 4 heteroatoms. The molecule has 0 fully saturated rings. The van der Waals surface area contributed by atoms with E-state index in [1.54, 1.807) is 12.4 Å². The lowest BCUT2D eigenvalue weighted by molar-refractivity contribution is -0.137. The molecule has 0 aliphatic heterocycles. The van der Waals surface area contributed by atoms with E-state index in [9.17, 15) is 4.79 Å². The molecule has 2 N–H and O–H groups in total. The van der Waals surface area contributed by atoms with Crippen LogP contribution in [0.3, 0.4) is 0 Å². The van der Waals surface area contributed by atoms with Crippen molar-refractivity contribution in [3.05, 3.63) is 30.1 Å². The van der Waals surface area contributed by atoms with Crippen LogP contribution >= 0.6 is 0 Å². The molecule has 0 amide bonds. The number of carboxylic acids is 1. The van der Waals surface area contributed by atoms with Gasteiger partial charge >= 0.3 is 5.97 Å². The van der Waals surface area contributed by atoms with E-state index < -0.39 is 5.97 Å². The average Bonchev–Trinajstić information content (AvgIpc) is 2.25. The molecule has 0 aliphatic rings. The summed E-state index contributed by atoms with van der Waals surface area (Å²) in [5.74, 6) is -0.557. The molecular formula is C12H18N2O2. The summed E-state index contributed by atoms with van der Waals surface area (Å²) in [6.07, 6.45) is 4.73. The van der Waals surface area contributed by atoms with Gasteiger partial charge in [0.2, 0.25) is 0 Å². The minimum atomic E-state index is -0.733. The fraction of sp³-hybridized carbons (Fsp3) is 0.500. The Bertz CT molecular complexity index is 314. The Kier molecular flexibility index (Phi) is 5.50. The first-order valence-corrected chi connectivity index (χ1v) is 5.50. The molecule has 0 bridgehead atoms. The minimum absolute atomic E-state index is 0.176. The highest BCUT2D eigenvalue weighted by Gasteiger charge is 2.06. The molecule has 88 valence electrons. The Labute approximate surface area is 95.7 Å². The van der Waals surface area contributed by atoms with Gasteiger partial charge in [0.15, 0.2) is 0 Å². The van der Waals surface area contributed by atoms with Crippen LogP contribution in [0.2, 0.25) is 0 Å². The number of aliphatic carboxylic acids is 1. The zero-order valence-corrected chi connectivity index (χ0v) is 9.52. The third-order valence-electron chi connectivity index (χ3n) is 2.36. The summed E-state index contributed by atoms with van der Waals surface area (Å²) in [6.45, 7) is 3.55. The number of nitrogens with one attached hydrogen (secondary N) is 1. The molecule has 0 saturated carbocycles. The SMILES string of the molecule is CC(CNCCc1ccncc1)CC(=O)O. The van der Waals surface area contributed by atoms with Crippen molar-refractivity contribution < 1.29 is 9.90 Å². The molecule has 0 saturated heterocycles. The standard InChI is InChI=1S/C12H18N2O2/c1-10(8-12(15)16)9-14-7-4-11-2-5-13-6-3-11/h2-3,5-6,10,14H,4,7-9H2,1H3,(H,15,16). The van der Waals surface area contributed by atoms with E-state index >= 15 is 0 Å². The molecule has 1 unspecified atom stereocenters. The summed E-state index contributed by atoms with van der Waals surface area (Å²) in [7, 11) is 0. The van der Waals surface area contributed by atoms with Crippen molar-refractivity contribution >= 4 is 5.97 Å². The summed E-state index contributed by atoms with van der Waals surface area (Å²) in [5.41, 5.74) is 1.24. The van der Waals surface area contributed by atoms with Gasteiger partial charge in [-0.1, -0.05) is 6.92 Å². The van der Waals surface area contributed by atoms with Crippen molar-refractivity contribution in [3.63, 3.8) is 0 Å². The van der Waals surface area contributed by atoms with Gasteiger partial charge in [0.25, 0.3) is 0 Å². The van der Waals surface area contributed by atoms with Gasteiger partial charge in [-0.2, -0.15) is 0 Å². The molecule has 0 radical (unpaired) electrons. The van der Waals surface area contributed by atoms with Gasteiger partial charge in [0, 0.05) is 18.8 Å². The van der Waals surface area contributed by atoms with Crippen LogP contribution in [0.15, 0.2) is 24.5 Å². The quantitative estimate of drug-likeness (QED) is 0.683. The van der Waals surface area contributed by atoms with Crippen LogP contribution in [0, 0.1) is 5.92 Å². The number of nitrogens with zero attached hydrogens (tertiary/aromatic N) is 1. The number of pyridine rings is 1. The monoisotopic (exact) mass is 222 g/mol. The second-order valence-electron chi connectivity index (χ2n) is 4.01. The Morgan fingerprint density at radius 2 is 2.19 bits per heavy atom. The maximum atomic E-state index is 10.4. The smallest absolute Gasteiger partial charge is 0.303 e. The van der Waals surface area contributed by atoms with E-state index in [1.165, 1.54) is 5.56 Å². The summed E-state index contributed by atoms with van der Waals surface area (Å²) >= 11 is 0. The fourth-order valence-corrected chi connectivity index (χ4v) is 1.50. The van der Waals surface area contributed by atoms with Crippen LogP contribution in [-0.2, 0) is 11.2 Å². The zero-order valence-electron chi connectivity index (χ0n) is 9.52. The van der Waals surface area contributed by atoms with Crippen molar-refractivity contribution in [2.24, 2.45) is 5.92 Å². The lowest BCUT2D eigenvalue weighted by atomic mass is 10.1. The highest BCUT2D eigenvalue weighted by molar-refractivity contribution is 5.66. The van der Waals surface area contributed by atoms with E-state index in [-0.39, 0.29) is 12.3 Å². The van der Waals surface area contributed by atoms with E-state index in [2.05, 4.69) is 10.3 Å². The molecule has 1 atom stereocenters. The third kappa shape index (κ3) is 5.46. The summed E-state index contributed by atoms with van der Waals surface area (Å²) in [4.78, 5) is 14.4. The highest BCUT2D eigenvalue weighted by atomic mass is 16.4. The normalized spacial score (nSPS) is 12.3. The Balaban J connectivity index is 2.10. The van der Waals surface area contributed by atoms with Gasteiger partial charge in [0.05, 0.1) is 0 Å². The molecule has 0 aliphatic carbocycles. The zero-order chi connectivity index (χ0) is 11.8. The van der Waals surface area contributed by atoms with Crippen LogP contribution in [0.1, 0.15) is 18.9 Å². The molecule has 1 heterocycles. The highest BCUT2D eigenvalue weighted by Crippen LogP contribution is 2.00. The van der Waals surface area contributed by atoms with Crippen molar-refractivity contribution in [1.82, 2.24) is 10.3 Å². The van der Waals surface area contributed by atoms with Gasteiger partial charge in [-0.15, -0.1) is 0 Å². The molecule has 1 aromatic heterocycles. The van der Waals surface area contributed by atoms with Crippen molar-refractivity contribution in [1.29, 1.82) is 0 Å². The van der Waals surface area contributed by atoms with E-state index in [4.69, 9.17) is 5.11 Å². The van der Waals surface area contributed by atoms with Crippen LogP contribution < -0.4 is 5.32 Å². The van der Waals surface area contributed by atoms with Crippen LogP contribution in [0.25, 0.3) is 0 Å². The predicted octanol–water partition coefficient (Wildman–Crippen LogP) is 1.32. The number of carboxylic acid groups (broad SMARTS) is 1. The Morgan fingerprint density at radius 1 is 1.50 bits per heavy atom. The molecule has 1 rings (SSSR count). The van der Waals surface area contributed by atoms with E-state index in [0.717, 1.165) is 19.5 Å². The summed E-state index contributed by atoms with van der Waals surface area (Å²) in [6, 6.07) is 3.98. The number of hydrogen-bond acceptors (Lipinski definition) is 3. The molecule has 0 spiro atoms. The first kappa shape index (κ1) is 12.6. The van der Waals surface area contributed by atoms with Crippen molar-refractivity contribution in [3.8, 4) is 0 Å². The van der Waals surface area contributed by atoms with E-state index in [0.29, 0.717) is 0 Å². The van der Waals surface area contributed by atoms with Crippen LogP contribution in [0.4, 0.5) is 0 Å². The van der Waals surface area contributed by atoms with Gasteiger partial charge in [-0.3, -0.25) is 9.78 Å². The second-order valence-corrected chi connectivity index (χ2v) is 4.01. The summed E-state index contributed by atoms with van der Waals surface area (Å²) < 4.78 is 0. The number of rotatable bonds is 7. The van der Waals surface area contributed by atoms with Gasteiger partial charge in [-0.05, 0) is 43.1 Å². The number of aromatic nitrogens is 1. The Morgan fingerprint density at radius 3 is 2.81 bits per heavy atom. The molecule has 1 aromatic rings. The van der Waals surface area contributed by atoms with Crippen molar-refractivity contribution in [2.45, 2.75) is 19.8 Å². The third-order valence-corrected chi connectivity index (χ3v) is 2.36. The van der Waals surface area contributed by atoms with Gasteiger partial charge in [-0.25, -0.2) is 0 Å². The maximum absolute atomic E-state index is 10.4. The number of carbonyl (C=O) groups is 1. The van der Waals surface area contributed by atoms with Gasteiger partial charge in [0.1, 0.15) is 0 Å². The van der Waals surface area contributed by atoms with Crippen LogP contribution in [0.5, 0.6) is 0 Å². The Hall–Kier alpha value is -1.42. The van der Waals surface area contributed by atoms with Gasteiger partial charge < -0.3 is 10.4 Å². The van der Waals surface area contributed by atoms with Crippen molar-refractivity contribution in [2.75, 3.05) is 13.1 Å². The largest absolute Gasteiger partial charge is 0.481 e. The number of hydrogen-bond donors (Lipinski definition) is 2. The fourth-order valence-electron chi connectivity index (χ4n) is 1.50. The second kappa shape index (κ2) is 6.95. The summed E-state index contributed by atoms with van der Waals surface area (Å²) in [5, 5.41) is 11.8. The first-order chi connectivity index (χ1) is 7.68. The maximum Gasteiger partial charge on any atom is 0.303 e. The molecule has 4 nitrogen and oxygen atoms in total. The predicted molar refractivity (Wildman–Crippen MR) is 62.2 cm³/mol. The molecular weight excluding hydrogens is 204 g/mol. The average molecular weight is 222 g/mol.